The van der Waals surface area contributed by atoms with Crippen LogP contribution in [-0.4, -0.2) is 5.06 Å². The third kappa shape index (κ3) is 1.73. The molecule has 0 fully saturated rings. The number of benzene rings is 1. The Morgan fingerprint density at radius 2 is 2.29 bits per heavy atom. The van der Waals surface area contributed by atoms with Crippen LogP contribution in [0, 0.1) is 0 Å². The lowest BCUT2D eigenvalue weighted by Crippen LogP contribution is -2.16. The third-order valence-electron chi connectivity index (χ3n) is 2.82. The maximum atomic E-state index is 5.66. The molecule has 1 aromatic rings. The second-order valence-corrected chi connectivity index (χ2v) is 3.89. The number of nitrogens with zero attached hydrogens (tertiary/aromatic N) is 1. The largest absolute Gasteiger partial charge is 0.326 e. The highest BCUT2D eigenvalue weighted by atomic mass is 16.8. The lowest BCUT2D eigenvalue weighted by molar-refractivity contribution is -0.111. The van der Waals surface area contributed by atoms with Gasteiger partial charge < -0.3 is 5.73 Å². The molecule has 0 unspecified atom stereocenters. The summed E-state index contributed by atoms with van der Waals surface area (Å²) in [5.74, 6) is 0. The fourth-order valence-corrected chi connectivity index (χ4v) is 1.97. The van der Waals surface area contributed by atoms with E-state index >= 15 is 0 Å². The number of hydrogen-bond donors (Lipinski definition) is 2. The van der Waals surface area contributed by atoms with E-state index in [0.717, 1.165) is 22.4 Å². The maximum Gasteiger partial charge on any atom is 0.0972 e. The van der Waals surface area contributed by atoms with Gasteiger partial charge in [0.1, 0.15) is 0 Å². The molecule has 2 aliphatic heterocycles. The van der Waals surface area contributed by atoms with Gasteiger partial charge in [-0.15, -0.1) is 0 Å². The smallest absolute Gasteiger partial charge is 0.0972 e. The molecule has 1 aromatic carbocycles. The standard InChI is InChI=1S/C13H13N3O/c14-8-10-3-1-4-11(7-10)12-5-2-6-16-13(12)9-15-17-16/h1-7,9,15H,8,14H2. The second kappa shape index (κ2) is 4.08. The normalized spacial score (nSPS) is 17.4. The van der Waals surface area contributed by atoms with E-state index in [-0.39, 0.29) is 0 Å². The van der Waals surface area contributed by atoms with E-state index < -0.39 is 0 Å². The van der Waals surface area contributed by atoms with Crippen LogP contribution in [0.5, 0.6) is 0 Å². The molecule has 3 rings (SSSR count). The minimum absolute atomic E-state index is 0.550. The van der Waals surface area contributed by atoms with Crippen molar-refractivity contribution in [2.24, 2.45) is 5.73 Å². The zero-order chi connectivity index (χ0) is 11.7. The summed E-state index contributed by atoms with van der Waals surface area (Å²) in [7, 11) is 0. The van der Waals surface area contributed by atoms with Gasteiger partial charge in [-0.05, 0) is 23.3 Å². The first kappa shape index (κ1) is 10.1. The molecule has 0 radical (unpaired) electrons. The Balaban J connectivity index is 2.03. The van der Waals surface area contributed by atoms with Gasteiger partial charge >= 0.3 is 0 Å². The summed E-state index contributed by atoms with van der Waals surface area (Å²) in [5, 5.41) is 1.70. The van der Waals surface area contributed by atoms with Crippen molar-refractivity contribution in [3.8, 4) is 0 Å². The van der Waals surface area contributed by atoms with Crippen LogP contribution in [0.4, 0.5) is 0 Å². The van der Waals surface area contributed by atoms with Crippen molar-refractivity contribution in [2.45, 2.75) is 6.54 Å². The molecule has 2 aliphatic rings. The summed E-state index contributed by atoms with van der Waals surface area (Å²) >= 11 is 0. The summed E-state index contributed by atoms with van der Waals surface area (Å²) < 4.78 is 0. The van der Waals surface area contributed by atoms with Gasteiger partial charge in [0.25, 0.3) is 0 Å². The zero-order valence-electron chi connectivity index (χ0n) is 9.26. The fourth-order valence-electron chi connectivity index (χ4n) is 1.97. The maximum absolute atomic E-state index is 5.66. The molecule has 0 aromatic heterocycles. The molecule has 17 heavy (non-hydrogen) atoms. The average molecular weight is 227 g/mol. The Hall–Kier alpha value is -2.04. The lowest BCUT2D eigenvalue weighted by Gasteiger charge is -2.20. The predicted octanol–water partition coefficient (Wildman–Crippen LogP) is 1.65. The van der Waals surface area contributed by atoms with Gasteiger partial charge in [-0.1, -0.05) is 24.3 Å². The van der Waals surface area contributed by atoms with Gasteiger partial charge in [0.2, 0.25) is 0 Å². The third-order valence-corrected chi connectivity index (χ3v) is 2.82. The van der Waals surface area contributed by atoms with Crippen LogP contribution < -0.4 is 11.2 Å². The van der Waals surface area contributed by atoms with Crippen molar-refractivity contribution in [1.29, 1.82) is 0 Å². The Bertz CT molecular complexity index is 531. The number of nitrogens with two attached hydrogens (primary N) is 1. The van der Waals surface area contributed by atoms with E-state index in [0.29, 0.717) is 6.54 Å². The summed E-state index contributed by atoms with van der Waals surface area (Å²) in [5.41, 5.74) is 12.8. The molecule has 0 bridgehead atoms. The molecule has 2 heterocycles. The number of nitrogens with one attached hydrogen (secondary N) is 1. The highest BCUT2D eigenvalue weighted by molar-refractivity contribution is 5.81. The van der Waals surface area contributed by atoms with Crippen LogP contribution in [-0.2, 0) is 11.5 Å². The average Bonchev–Trinajstić information content (AvgIpc) is 2.87. The first-order chi connectivity index (χ1) is 8.38. The van der Waals surface area contributed by atoms with E-state index in [1.807, 2.05) is 30.6 Å². The van der Waals surface area contributed by atoms with E-state index in [9.17, 15) is 0 Å². The molecule has 0 aliphatic carbocycles. The van der Waals surface area contributed by atoms with E-state index in [4.69, 9.17) is 10.7 Å². The van der Waals surface area contributed by atoms with Crippen molar-refractivity contribution in [3.05, 3.63) is 65.6 Å². The summed E-state index contributed by atoms with van der Waals surface area (Å²) in [6.07, 6.45) is 7.72. The van der Waals surface area contributed by atoms with Crippen molar-refractivity contribution in [3.63, 3.8) is 0 Å². The summed E-state index contributed by atoms with van der Waals surface area (Å²) in [6, 6.07) is 8.22. The van der Waals surface area contributed by atoms with Crippen molar-refractivity contribution in [1.82, 2.24) is 10.5 Å². The first-order valence-corrected chi connectivity index (χ1v) is 5.48. The first-order valence-electron chi connectivity index (χ1n) is 5.48. The van der Waals surface area contributed by atoms with Crippen LogP contribution >= 0.6 is 0 Å². The zero-order valence-corrected chi connectivity index (χ0v) is 9.26. The van der Waals surface area contributed by atoms with Crippen molar-refractivity contribution < 1.29 is 4.94 Å². The molecular weight excluding hydrogens is 214 g/mol. The van der Waals surface area contributed by atoms with Crippen LogP contribution in [0.3, 0.4) is 0 Å². The van der Waals surface area contributed by atoms with Crippen LogP contribution in [0.25, 0.3) is 5.57 Å². The quantitative estimate of drug-likeness (QED) is 0.806. The highest BCUT2D eigenvalue weighted by Crippen LogP contribution is 2.31. The second-order valence-electron chi connectivity index (χ2n) is 3.89. The number of fused-ring (bicyclic) bond motifs is 1. The molecule has 0 saturated heterocycles. The Morgan fingerprint density at radius 3 is 3.18 bits per heavy atom. The van der Waals surface area contributed by atoms with Gasteiger partial charge in [0.05, 0.1) is 11.9 Å². The minimum atomic E-state index is 0.550. The molecule has 86 valence electrons. The molecule has 0 atom stereocenters. The van der Waals surface area contributed by atoms with Gasteiger partial charge in [0, 0.05) is 18.3 Å². The van der Waals surface area contributed by atoms with Crippen LogP contribution in [0.1, 0.15) is 11.1 Å². The fraction of sp³-hybridized carbons (Fsp3) is 0.0769. The highest BCUT2D eigenvalue weighted by Gasteiger charge is 2.21. The molecule has 4 heteroatoms. The monoisotopic (exact) mass is 227 g/mol. The Morgan fingerprint density at radius 1 is 1.35 bits per heavy atom. The summed E-state index contributed by atoms with van der Waals surface area (Å²) in [4.78, 5) is 5.20. The minimum Gasteiger partial charge on any atom is -0.326 e. The number of hydroxylamine groups is 3. The van der Waals surface area contributed by atoms with Crippen LogP contribution in [0.2, 0.25) is 0 Å². The molecule has 0 saturated carbocycles. The van der Waals surface area contributed by atoms with Gasteiger partial charge in [-0.2, -0.15) is 4.94 Å². The van der Waals surface area contributed by atoms with E-state index in [2.05, 4.69) is 23.7 Å². The SMILES string of the molecule is NCc1cccc(C2=CC=CN3ONC=C23)c1. The topological polar surface area (TPSA) is 50.5 Å². The van der Waals surface area contributed by atoms with E-state index in [1.165, 1.54) is 0 Å². The predicted molar refractivity (Wildman–Crippen MR) is 65.6 cm³/mol. The molecule has 3 N–H and O–H groups in total. The number of rotatable bonds is 2. The van der Waals surface area contributed by atoms with Gasteiger partial charge in [0.15, 0.2) is 0 Å². The number of allylic oxidation sites excluding steroid dienone is 3. The molecular formula is C13H13N3O. The van der Waals surface area contributed by atoms with Crippen LogP contribution in [0.15, 0.2) is 54.5 Å². The van der Waals surface area contributed by atoms with E-state index in [1.54, 1.807) is 5.06 Å². The number of hydrogen-bond acceptors (Lipinski definition) is 4. The van der Waals surface area contributed by atoms with Crippen molar-refractivity contribution >= 4 is 5.57 Å². The Kier molecular flexibility index (Phi) is 2.44. The molecule has 0 amide bonds. The molecule has 0 spiro atoms. The van der Waals surface area contributed by atoms with Crippen molar-refractivity contribution in [2.75, 3.05) is 0 Å². The van der Waals surface area contributed by atoms with Gasteiger partial charge in [-0.25, -0.2) is 10.5 Å². The Labute approximate surface area is 99.6 Å². The van der Waals surface area contributed by atoms with Gasteiger partial charge in [-0.3, -0.25) is 0 Å². The lowest BCUT2D eigenvalue weighted by atomic mass is 9.99. The summed E-state index contributed by atoms with van der Waals surface area (Å²) in [6.45, 7) is 0.550. The molecule has 4 nitrogen and oxygen atoms in total.